The van der Waals surface area contributed by atoms with Crippen LogP contribution in [0.4, 0.5) is 0 Å². The molecule has 1 fully saturated rings. The number of halogens is 2. The number of amides is 1. The second-order valence-corrected chi connectivity index (χ2v) is 7.00. The van der Waals surface area contributed by atoms with Crippen molar-refractivity contribution in [2.75, 3.05) is 0 Å². The van der Waals surface area contributed by atoms with E-state index in [0.29, 0.717) is 33.0 Å². The third-order valence-electron chi connectivity index (χ3n) is 4.20. The minimum absolute atomic E-state index is 0.0903. The number of carbonyl (C=O) groups excluding carboxylic acids is 1. The van der Waals surface area contributed by atoms with Crippen LogP contribution in [-0.2, 0) is 6.54 Å². The van der Waals surface area contributed by atoms with Gasteiger partial charge in [0, 0.05) is 16.6 Å². The summed E-state index contributed by atoms with van der Waals surface area (Å²) in [5, 5.41) is 9.22. The maximum Gasteiger partial charge on any atom is 0.254 e. The third-order valence-corrected chi connectivity index (χ3v) is 4.76. The first kappa shape index (κ1) is 17.1. The standard InChI is InChI=1S/C19H15Cl2N3O2/c20-13-5-3-4-12(10-13)19(25)24(14-8-9-14)11-17-22-23-18(26-17)15-6-1-2-7-16(15)21/h1-7,10,14H,8-9,11H2. The Bertz CT molecular complexity index is 953. The summed E-state index contributed by atoms with van der Waals surface area (Å²) in [6, 6.07) is 14.4. The van der Waals surface area contributed by atoms with Gasteiger partial charge in [-0.15, -0.1) is 10.2 Å². The van der Waals surface area contributed by atoms with Gasteiger partial charge in [0.1, 0.15) is 0 Å². The average Bonchev–Trinajstić information content (AvgIpc) is 3.38. The first-order valence-corrected chi connectivity index (χ1v) is 9.01. The Morgan fingerprint density at radius 1 is 1.12 bits per heavy atom. The highest BCUT2D eigenvalue weighted by molar-refractivity contribution is 6.33. The predicted octanol–water partition coefficient (Wildman–Crippen LogP) is 4.85. The molecule has 4 rings (SSSR count). The Labute approximate surface area is 160 Å². The van der Waals surface area contributed by atoms with E-state index >= 15 is 0 Å². The van der Waals surface area contributed by atoms with E-state index in [1.165, 1.54) is 0 Å². The number of hydrogen-bond donors (Lipinski definition) is 0. The van der Waals surface area contributed by atoms with Crippen LogP contribution in [-0.4, -0.2) is 27.0 Å². The molecule has 0 unspecified atom stereocenters. The molecule has 0 N–H and O–H groups in total. The normalized spacial score (nSPS) is 13.6. The molecule has 0 spiro atoms. The lowest BCUT2D eigenvalue weighted by Gasteiger charge is -2.20. The largest absolute Gasteiger partial charge is 0.419 e. The smallest absolute Gasteiger partial charge is 0.254 e. The maximum atomic E-state index is 12.9. The molecule has 1 aromatic heterocycles. The summed E-state index contributed by atoms with van der Waals surface area (Å²) in [4.78, 5) is 14.6. The van der Waals surface area contributed by atoms with Crippen LogP contribution < -0.4 is 0 Å². The summed E-state index contributed by atoms with van der Waals surface area (Å²) in [7, 11) is 0. The van der Waals surface area contributed by atoms with Crippen molar-refractivity contribution in [3.63, 3.8) is 0 Å². The van der Waals surface area contributed by atoms with Gasteiger partial charge in [0.2, 0.25) is 11.8 Å². The van der Waals surface area contributed by atoms with E-state index in [0.717, 1.165) is 12.8 Å². The molecule has 0 aliphatic heterocycles. The van der Waals surface area contributed by atoms with Crippen LogP contribution in [0.5, 0.6) is 0 Å². The molecule has 5 nitrogen and oxygen atoms in total. The molecular formula is C19H15Cl2N3O2. The molecule has 132 valence electrons. The van der Waals surface area contributed by atoms with Gasteiger partial charge in [-0.25, -0.2) is 0 Å². The minimum atomic E-state index is -0.0903. The van der Waals surface area contributed by atoms with Crippen molar-refractivity contribution >= 4 is 29.1 Å². The Morgan fingerprint density at radius 3 is 2.65 bits per heavy atom. The van der Waals surface area contributed by atoms with Crippen molar-refractivity contribution < 1.29 is 9.21 Å². The minimum Gasteiger partial charge on any atom is -0.419 e. The van der Waals surface area contributed by atoms with Gasteiger partial charge in [-0.3, -0.25) is 4.79 Å². The number of aromatic nitrogens is 2. The van der Waals surface area contributed by atoms with Gasteiger partial charge in [-0.05, 0) is 43.2 Å². The van der Waals surface area contributed by atoms with Gasteiger partial charge in [0.05, 0.1) is 17.1 Å². The lowest BCUT2D eigenvalue weighted by atomic mass is 10.2. The summed E-state index contributed by atoms with van der Waals surface area (Å²) >= 11 is 12.2. The zero-order valence-corrected chi connectivity index (χ0v) is 15.2. The van der Waals surface area contributed by atoms with E-state index < -0.39 is 0 Å². The first-order valence-electron chi connectivity index (χ1n) is 8.25. The van der Waals surface area contributed by atoms with Crippen molar-refractivity contribution in [2.24, 2.45) is 0 Å². The summed E-state index contributed by atoms with van der Waals surface area (Å²) < 4.78 is 5.74. The van der Waals surface area contributed by atoms with Gasteiger partial charge in [-0.1, -0.05) is 41.4 Å². The topological polar surface area (TPSA) is 59.2 Å². The first-order chi connectivity index (χ1) is 12.6. The van der Waals surface area contributed by atoms with Gasteiger partial charge >= 0.3 is 0 Å². The van der Waals surface area contributed by atoms with Crippen molar-refractivity contribution in [3.05, 3.63) is 70.0 Å². The lowest BCUT2D eigenvalue weighted by molar-refractivity contribution is 0.0714. The van der Waals surface area contributed by atoms with E-state index in [1.54, 1.807) is 35.2 Å². The fourth-order valence-electron chi connectivity index (χ4n) is 2.75. The molecule has 1 aliphatic carbocycles. The summed E-state index contributed by atoms with van der Waals surface area (Å²) in [6.07, 6.45) is 1.94. The van der Waals surface area contributed by atoms with Crippen LogP contribution in [0.15, 0.2) is 52.9 Å². The molecule has 0 bridgehead atoms. The molecule has 0 radical (unpaired) electrons. The highest BCUT2D eigenvalue weighted by atomic mass is 35.5. The Balaban J connectivity index is 1.57. The van der Waals surface area contributed by atoms with Crippen molar-refractivity contribution in [3.8, 4) is 11.5 Å². The number of rotatable bonds is 5. The highest BCUT2D eigenvalue weighted by Crippen LogP contribution is 2.31. The monoisotopic (exact) mass is 387 g/mol. The van der Waals surface area contributed by atoms with Crippen LogP contribution in [0.1, 0.15) is 29.1 Å². The Hall–Kier alpha value is -2.37. The number of nitrogens with zero attached hydrogens (tertiary/aromatic N) is 3. The molecule has 1 saturated carbocycles. The third kappa shape index (κ3) is 3.59. The molecule has 1 aliphatic rings. The van der Waals surface area contributed by atoms with Crippen LogP contribution >= 0.6 is 23.2 Å². The van der Waals surface area contributed by atoms with Crippen molar-refractivity contribution in [2.45, 2.75) is 25.4 Å². The SMILES string of the molecule is O=C(c1cccc(Cl)c1)N(Cc1nnc(-c2ccccc2Cl)o1)C1CC1. The second kappa shape index (κ2) is 7.09. The molecule has 7 heteroatoms. The molecule has 1 heterocycles. The van der Waals surface area contributed by atoms with Gasteiger partial charge in [0.25, 0.3) is 5.91 Å². The molecule has 1 amide bonds. The second-order valence-electron chi connectivity index (χ2n) is 6.16. The van der Waals surface area contributed by atoms with Gasteiger partial charge < -0.3 is 9.32 Å². The zero-order chi connectivity index (χ0) is 18.1. The quantitative estimate of drug-likeness (QED) is 0.627. The summed E-state index contributed by atoms with van der Waals surface area (Å²) in [6.45, 7) is 0.257. The number of benzene rings is 2. The Morgan fingerprint density at radius 2 is 1.92 bits per heavy atom. The van der Waals surface area contributed by atoms with Crippen LogP contribution in [0.2, 0.25) is 10.0 Å². The van der Waals surface area contributed by atoms with E-state index in [2.05, 4.69) is 10.2 Å². The average molecular weight is 388 g/mol. The number of carbonyl (C=O) groups is 1. The van der Waals surface area contributed by atoms with E-state index in [1.807, 2.05) is 18.2 Å². The van der Waals surface area contributed by atoms with E-state index in [4.69, 9.17) is 27.6 Å². The Kier molecular flexibility index (Phi) is 4.66. The number of hydrogen-bond acceptors (Lipinski definition) is 4. The maximum absolute atomic E-state index is 12.9. The predicted molar refractivity (Wildman–Crippen MR) is 99.1 cm³/mol. The fraction of sp³-hybridized carbons (Fsp3) is 0.211. The molecule has 0 saturated heterocycles. The highest BCUT2D eigenvalue weighted by Gasteiger charge is 2.34. The molecule has 3 aromatic rings. The van der Waals surface area contributed by atoms with Crippen LogP contribution in [0.3, 0.4) is 0 Å². The zero-order valence-electron chi connectivity index (χ0n) is 13.7. The van der Waals surface area contributed by atoms with E-state index in [-0.39, 0.29) is 18.5 Å². The van der Waals surface area contributed by atoms with Crippen molar-refractivity contribution in [1.82, 2.24) is 15.1 Å². The van der Waals surface area contributed by atoms with Gasteiger partial charge in [-0.2, -0.15) is 0 Å². The van der Waals surface area contributed by atoms with Gasteiger partial charge in [0.15, 0.2) is 0 Å². The molecule has 26 heavy (non-hydrogen) atoms. The van der Waals surface area contributed by atoms with Crippen LogP contribution in [0, 0.1) is 0 Å². The summed E-state index contributed by atoms with van der Waals surface area (Å²) in [5.41, 5.74) is 1.22. The molecular weight excluding hydrogens is 373 g/mol. The van der Waals surface area contributed by atoms with E-state index in [9.17, 15) is 4.79 Å². The summed E-state index contributed by atoms with van der Waals surface area (Å²) in [5.74, 6) is 0.631. The molecule has 0 atom stereocenters. The fourth-order valence-corrected chi connectivity index (χ4v) is 3.15. The lowest BCUT2D eigenvalue weighted by Crippen LogP contribution is -2.32. The van der Waals surface area contributed by atoms with Crippen LogP contribution in [0.25, 0.3) is 11.5 Å². The van der Waals surface area contributed by atoms with Crippen molar-refractivity contribution in [1.29, 1.82) is 0 Å². The molecule has 2 aromatic carbocycles.